The molecule has 2 aromatic heterocycles. The number of imidazole rings is 1. The maximum absolute atomic E-state index is 13.3. The lowest BCUT2D eigenvalue weighted by Crippen LogP contribution is -2.42. The van der Waals surface area contributed by atoms with Crippen LogP contribution in [0.3, 0.4) is 0 Å². The van der Waals surface area contributed by atoms with Gasteiger partial charge in [0.2, 0.25) is 0 Å². The lowest BCUT2D eigenvalue weighted by atomic mass is 10.1. The van der Waals surface area contributed by atoms with E-state index in [2.05, 4.69) is 4.98 Å². The summed E-state index contributed by atoms with van der Waals surface area (Å²) in [5.74, 6) is -0.773. The molecule has 0 N–H and O–H groups in total. The van der Waals surface area contributed by atoms with Crippen LogP contribution in [0.4, 0.5) is 0 Å². The third kappa shape index (κ3) is 5.05. The number of aromatic nitrogens is 4. The third-order valence-corrected chi connectivity index (χ3v) is 5.52. The molecule has 0 fully saturated rings. The summed E-state index contributed by atoms with van der Waals surface area (Å²) in [5.41, 5.74) is 0.863. The quantitative estimate of drug-likeness (QED) is 0.339. The molecule has 0 saturated heterocycles. The van der Waals surface area contributed by atoms with Gasteiger partial charge in [-0.05, 0) is 11.6 Å². The van der Waals surface area contributed by atoms with Crippen LogP contribution >= 0.6 is 0 Å². The van der Waals surface area contributed by atoms with E-state index in [9.17, 15) is 19.6 Å². The minimum Gasteiger partial charge on any atom is -0.459 e. The van der Waals surface area contributed by atoms with Crippen molar-refractivity contribution in [3.8, 4) is 6.07 Å². The van der Waals surface area contributed by atoms with Crippen molar-refractivity contribution >= 4 is 17.1 Å². The van der Waals surface area contributed by atoms with Gasteiger partial charge in [-0.2, -0.15) is 5.26 Å². The number of benzene rings is 2. The van der Waals surface area contributed by atoms with Gasteiger partial charge in [0.25, 0.3) is 5.56 Å². The molecule has 0 unspecified atom stereocenters. The van der Waals surface area contributed by atoms with E-state index < -0.39 is 23.8 Å². The van der Waals surface area contributed by atoms with Gasteiger partial charge in [-0.25, -0.2) is 14.3 Å². The van der Waals surface area contributed by atoms with E-state index in [4.69, 9.17) is 9.47 Å². The fourth-order valence-corrected chi connectivity index (χ4v) is 3.73. The zero-order chi connectivity index (χ0) is 24.8. The number of esters is 1. The SMILES string of the molecule is COCCn1cnc2c1c(=O)n(CC(=O)OCc1ccccc1C#N)c(=O)n2Cc1ccccc1. The summed E-state index contributed by atoms with van der Waals surface area (Å²) >= 11 is 0. The Morgan fingerprint density at radius 1 is 1.06 bits per heavy atom. The average Bonchev–Trinajstić information content (AvgIpc) is 3.31. The first kappa shape index (κ1) is 23.7. The van der Waals surface area contributed by atoms with Crippen molar-refractivity contribution < 1.29 is 14.3 Å². The van der Waals surface area contributed by atoms with Crippen LogP contribution in [0, 0.1) is 11.3 Å². The summed E-state index contributed by atoms with van der Waals surface area (Å²) in [6, 6.07) is 18.0. The Morgan fingerprint density at radius 3 is 2.54 bits per heavy atom. The van der Waals surface area contributed by atoms with Crippen molar-refractivity contribution in [1.29, 1.82) is 5.26 Å². The highest BCUT2D eigenvalue weighted by Crippen LogP contribution is 2.11. The van der Waals surface area contributed by atoms with Gasteiger partial charge in [0, 0.05) is 19.2 Å². The molecule has 0 bridgehead atoms. The molecule has 2 aromatic carbocycles. The van der Waals surface area contributed by atoms with Gasteiger partial charge in [-0.15, -0.1) is 0 Å². The third-order valence-electron chi connectivity index (χ3n) is 5.52. The zero-order valence-electron chi connectivity index (χ0n) is 19.1. The topological polar surface area (TPSA) is 121 Å². The van der Waals surface area contributed by atoms with Crippen LogP contribution in [0.5, 0.6) is 0 Å². The molecule has 0 spiro atoms. The first-order chi connectivity index (χ1) is 17.0. The molecule has 0 aliphatic heterocycles. The molecule has 4 aromatic rings. The number of carbonyl (C=O) groups excluding carboxylic acids is 1. The number of nitrogens with zero attached hydrogens (tertiary/aromatic N) is 5. The average molecular weight is 473 g/mol. The van der Waals surface area contributed by atoms with Gasteiger partial charge in [0.05, 0.1) is 31.1 Å². The normalized spacial score (nSPS) is 10.9. The first-order valence-electron chi connectivity index (χ1n) is 10.9. The van der Waals surface area contributed by atoms with E-state index in [1.54, 1.807) is 35.9 Å². The van der Waals surface area contributed by atoms with Crippen molar-refractivity contribution in [3.05, 3.63) is 98.5 Å². The second kappa shape index (κ2) is 10.6. The highest BCUT2D eigenvalue weighted by Gasteiger charge is 2.20. The van der Waals surface area contributed by atoms with E-state index in [1.165, 1.54) is 10.9 Å². The Morgan fingerprint density at radius 2 is 1.80 bits per heavy atom. The molecule has 0 amide bonds. The molecule has 0 saturated carbocycles. The number of hydrogen-bond acceptors (Lipinski definition) is 7. The summed E-state index contributed by atoms with van der Waals surface area (Å²) in [4.78, 5) is 43.6. The van der Waals surface area contributed by atoms with Crippen molar-refractivity contribution in [2.24, 2.45) is 0 Å². The summed E-state index contributed by atoms with van der Waals surface area (Å²) in [6.07, 6.45) is 1.48. The molecule has 10 heteroatoms. The molecule has 10 nitrogen and oxygen atoms in total. The second-order valence-electron chi connectivity index (χ2n) is 7.78. The van der Waals surface area contributed by atoms with Gasteiger partial charge in [-0.3, -0.25) is 14.2 Å². The standard InChI is InChI=1S/C25H23N5O5/c1-34-12-11-28-17-27-23-22(28)24(32)30(25(33)29(23)14-18-7-3-2-4-8-18)15-21(31)35-16-20-10-6-5-9-19(20)13-26/h2-10,17H,11-12,14-16H2,1H3. The lowest BCUT2D eigenvalue weighted by molar-refractivity contribution is -0.145. The number of nitriles is 1. The minimum absolute atomic E-state index is 0.149. The molecule has 2 heterocycles. The van der Waals surface area contributed by atoms with Crippen LogP contribution < -0.4 is 11.2 Å². The van der Waals surface area contributed by atoms with Gasteiger partial charge < -0.3 is 14.0 Å². The Balaban J connectivity index is 1.70. The smallest absolute Gasteiger partial charge is 0.333 e. The lowest BCUT2D eigenvalue weighted by Gasteiger charge is -2.13. The second-order valence-corrected chi connectivity index (χ2v) is 7.78. The van der Waals surface area contributed by atoms with Crippen LogP contribution in [0.25, 0.3) is 11.2 Å². The van der Waals surface area contributed by atoms with Crippen molar-refractivity contribution in [2.45, 2.75) is 26.2 Å². The first-order valence-corrected chi connectivity index (χ1v) is 10.9. The number of hydrogen-bond donors (Lipinski definition) is 0. The van der Waals surface area contributed by atoms with E-state index in [0.29, 0.717) is 24.3 Å². The van der Waals surface area contributed by atoms with Crippen molar-refractivity contribution in [2.75, 3.05) is 13.7 Å². The highest BCUT2D eigenvalue weighted by atomic mass is 16.5. The van der Waals surface area contributed by atoms with Crippen LogP contribution in [0.1, 0.15) is 16.7 Å². The van der Waals surface area contributed by atoms with Crippen LogP contribution in [0.15, 0.2) is 70.5 Å². The molecule has 0 aliphatic carbocycles. The fraction of sp³-hybridized carbons (Fsp3) is 0.240. The Bertz CT molecular complexity index is 1510. The summed E-state index contributed by atoms with van der Waals surface area (Å²) in [6.45, 7) is 0.128. The van der Waals surface area contributed by atoms with Gasteiger partial charge in [0.1, 0.15) is 13.2 Å². The van der Waals surface area contributed by atoms with Gasteiger partial charge >= 0.3 is 11.7 Å². The maximum atomic E-state index is 13.3. The minimum atomic E-state index is -0.773. The summed E-state index contributed by atoms with van der Waals surface area (Å²) in [5, 5.41) is 9.21. The van der Waals surface area contributed by atoms with Crippen LogP contribution in [-0.2, 0) is 40.5 Å². The molecule has 0 aliphatic rings. The largest absolute Gasteiger partial charge is 0.459 e. The van der Waals surface area contributed by atoms with Crippen molar-refractivity contribution in [3.63, 3.8) is 0 Å². The molecule has 178 valence electrons. The zero-order valence-corrected chi connectivity index (χ0v) is 19.1. The van der Waals surface area contributed by atoms with E-state index in [1.807, 2.05) is 36.4 Å². The van der Waals surface area contributed by atoms with E-state index >= 15 is 0 Å². The molecule has 35 heavy (non-hydrogen) atoms. The molecule has 4 rings (SSSR count). The number of carbonyl (C=O) groups is 1. The molecular weight excluding hydrogens is 450 g/mol. The monoisotopic (exact) mass is 473 g/mol. The van der Waals surface area contributed by atoms with E-state index in [-0.39, 0.29) is 24.3 Å². The summed E-state index contributed by atoms with van der Waals surface area (Å²) < 4.78 is 14.2. The highest BCUT2D eigenvalue weighted by molar-refractivity contribution is 5.72. The van der Waals surface area contributed by atoms with Crippen LogP contribution in [-0.4, -0.2) is 38.4 Å². The molecule has 0 radical (unpaired) electrons. The fourth-order valence-electron chi connectivity index (χ4n) is 3.73. The molecular formula is C25H23N5O5. The predicted octanol–water partition coefficient (Wildman–Crippen LogP) is 1.67. The Kier molecular flexibility index (Phi) is 7.18. The van der Waals surface area contributed by atoms with Crippen molar-refractivity contribution in [1.82, 2.24) is 18.7 Å². The van der Waals surface area contributed by atoms with Gasteiger partial charge in [0.15, 0.2) is 11.2 Å². The maximum Gasteiger partial charge on any atom is 0.333 e. The van der Waals surface area contributed by atoms with Gasteiger partial charge in [-0.1, -0.05) is 48.5 Å². The number of fused-ring (bicyclic) bond motifs is 1. The Hall–Kier alpha value is -4.49. The van der Waals surface area contributed by atoms with E-state index in [0.717, 1.165) is 10.1 Å². The number of methoxy groups -OCH3 is 1. The van der Waals surface area contributed by atoms with Crippen LogP contribution in [0.2, 0.25) is 0 Å². The number of ether oxygens (including phenoxy) is 2. The summed E-state index contributed by atoms with van der Waals surface area (Å²) in [7, 11) is 1.54. The number of rotatable bonds is 9. The Labute approximate surface area is 200 Å². The predicted molar refractivity (Wildman–Crippen MR) is 127 cm³/mol. The molecule has 0 atom stereocenters.